The third-order valence-corrected chi connectivity index (χ3v) is 8.81. The Balaban J connectivity index is 1.45. The lowest BCUT2D eigenvalue weighted by molar-refractivity contribution is -0.0836. The molecule has 0 saturated heterocycles. The molecule has 0 aliphatic heterocycles. The lowest BCUT2D eigenvalue weighted by Crippen LogP contribution is -2.48. The van der Waals surface area contributed by atoms with Gasteiger partial charge in [-0.25, -0.2) is 0 Å². The molecule has 3 aliphatic carbocycles. The van der Waals surface area contributed by atoms with E-state index in [1.165, 1.54) is 109 Å². The zero-order valence-corrected chi connectivity index (χ0v) is 18.5. The van der Waals surface area contributed by atoms with E-state index < -0.39 is 0 Å². The Morgan fingerprint density at radius 3 is 2.04 bits per heavy atom. The average molecular weight is 377 g/mol. The van der Waals surface area contributed by atoms with Crippen LogP contribution in [0.15, 0.2) is 0 Å². The number of aliphatic hydroxyl groups is 1. The zero-order valence-electron chi connectivity index (χ0n) is 18.5. The van der Waals surface area contributed by atoms with Crippen molar-refractivity contribution in [3.63, 3.8) is 0 Å². The van der Waals surface area contributed by atoms with Gasteiger partial charge in [0.1, 0.15) is 0 Å². The van der Waals surface area contributed by atoms with E-state index in [0.29, 0.717) is 11.8 Å². The third-order valence-electron chi connectivity index (χ3n) is 8.81. The van der Waals surface area contributed by atoms with E-state index in [4.69, 9.17) is 0 Å². The summed E-state index contributed by atoms with van der Waals surface area (Å²) in [5.41, 5.74) is 0. The summed E-state index contributed by atoms with van der Waals surface area (Å²) in [6.07, 6.45) is 24.0. The molecule has 0 radical (unpaired) electrons. The maximum absolute atomic E-state index is 11.1. The van der Waals surface area contributed by atoms with Gasteiger partial charge in [0.25, 0.3) is 0 Å². The Bertz CT molecular complexity index is 405. The van der Waals surface area contributed by atoms with Crippen molar-refractivity contribution in [2.24, 2.45) is 35.5 Å². The third kappa shape index (κ3) is 5.74. The molecule has 0 heterocycles. The Hall–Kier alpha value is -0.0400. The maximum Gasteiger partial charge on any atom is 0.0599 e. The number of fused-ring (bicyclic) bond motifs is 3. The molecule has 3 rings (SSSR count). The van der Waals surface area contributed by atoms with Crippen LogP contribution in [0.5, 0.6) is 0 Å². The summed E-state index contributed by atoms with van der Waals surface area (Å²) in [6.45, 7) is 4.61. The summed E-state index contributed by atoms with van der Waals surface area (Å²) in [7, 11) is 0. The van der Waals surface area contributed by atoms with Crippen molar-refractivity contribution < 1.29 is 5.11 Å². The molecule has 0 aromatic rings. The normalized spacial score (nSPS) is 39.0. The molecule has 1 nitrogen and oxygen atoms in total. The Labute approximate surface area is 170 Å². The molecule has 3 saturated carbocycles. The lowest BCUT2D eigenvalue weighted by atomic mass is 9.54. The first-order valence-electron chi connectivity index (χ1n) is 12.9. The van der Waals surface area contributed by atoms with Crippen molar-refractivity contribution in [2.45, 2.75) is 129 Å². The molecular weight excluding hydrogens is 328 g/mol. The SMILES string of the molecule is CCCCCC[C@@H]1CCC2C(CCC3C2CC[C@@H](CCCCCC)C3O)C1. The number of unbranched alkanes of at least 4 members (excludes halogenated alkanes) is 6. The van der Waals surface area contributed by atoms with E-state index in [2.05, 4.69) is 13.8 Å². The molecule has 1 heteroatoms. The first-order valence-corrected chi connectivity index (χ1v) is 12.9. The van der Waals surface area contributed by atoms with E-state index in [-0.39, 0.29) is 6.10 Å². The van der Waals surface area contributed by atoms with Gasteiger partial charge in [-0.05, 0) is 80.5 Å². The fourth-order valence-electron chi connectivity index (χ4n) is 7.27. The second-order valence-corrected chi connectivity index (χ2v) is 10.5. The van der Waals surface area contributed by atoms with Crippen LogP contribution in [-0.2, 0) is 0 Å². The highest BCUT2D eigenvalue weighted by molar-refractivity contribution is 4.97. The molecule has 0 aromatic carbocycles. The van der Waals surface area contributed by atoms with Crippen LogP contribution in [0.3, 0.4) is 0 Å². The molecule has 158 valence electrons. The van der Waals surface area contributed by atoms with Crippen LogP contribution in [0.4, 0.5) is 0 Å². The van der Waals surface area contributed by atoms with Crippen molar-refractivity contribution in [2.75, 3.05) is 0 Å². The Morgan fingerprint density at radius 1 is 0.630 bits per heavy atom. The van der Waals surface area contributed by atoms with E-state index in [1.807, 2.05) is 0 Å². The minimum absolute atomic E-state index is 0.0260. The van der Waals surface area contributed by atoms with Gasteiger partial charge >= 0.3 is 0 Å². The second-order valence-electron chi connectivity index (χ2n) is 10.5. The van der Waals surface area contributed by atoms with Gasteiger partial charge in [0.05, 0.1) is 6.10 Å². The topological polar surface area (TPSA) is 20.2 Å². The molecule has 0 amide bonds. The molecule has 0 spiro atoms. The Kier molecular flexibility index (Phi) is 9.01. The fourth-order valence-corrected chi connectivity index (χ4v) is 7.27. The number of aliphatic hydroxyl groups excluding tert-OH is 1. The summed E-state index contributed by atoms with van der Waals surface area (Å²) in [4.78, 5) is 0. The molecular formula is C26H48O. The van der Waals surface area contributed by atoms with Crippen molar-refractivity contribution in [1.82, 2.24) is 0 Å². The minimum Gasteiger partial charge on any atom is -0.393 e. The van der Waals surface area contributed by atoms with Gasteiger partial charge in [0, 0.05) is 0 Å². The van der Waals surface area contributed by atoms with Crippen LogP contribution in [0.1, 0.15) is 123 Å². The standard InChI is InChI=1S/C26H48O/c1-3-5-7-9-11-20-13-16-23-22(19-20)15-18-25-24(23)17-14-21(26(25)27)12-10-8-6-4-2/h20-27H,3-19H2,1-2H3/t20-,21-,22?,23?,24?,25?,26?/m1/s1. The highest BCUT2D eigenvalue weighted by Gasteiger charge is 2.47. The maximum atomic E-state index is 11.1. The van der Waals surface area contributed by atoms with Crippen LogP contribution in [0.2, 0.25) is 0 Å². The Morgan fingerprint density at radius 2 is 1.30 bits per heavy atom. The number of rotatable bonds is 10. The predicted octanol–water partition coefficient (Wildman–Crippen LogP) is 7.76. The highest BCUT2D eigenvalue weighted by Crippen LogP contribution is 2.54. The van der Waals surface area contributed by atoms with Gasteiger partial charge in [-0.2, -0.15) is 0 Å². The van der Waals surface area contributed by atoms with Gasteiger partial charge in [-0.15, -0.1) is 0 Å². The molecule has 3 aliphatic rings. The summed E-state index contributed by atoms with van der Waals surface area (Å²) in [5.74, 6) is 5.13. The van der Waals surface area contributed by atoms with E-state index in [1.54, 1.807) is 0 Å². The van der Waals surface area contributed by atoms with Crippen molar-refractivity contribution in [1.29, 1.82) is 0 Å². The fraction of sp³-hybridized carbons (Fsp3) is 1.00. The first kappa shape index (κ1) is 21.7. The molecule has 0 aromatic heterocycles. The molecule has 0 bridgehead atoms. The summed E-state index contributed by atoms with van der Waals surface area (Å²) in [6, 6.07) is 0. The second kappa shape index (κ2) is 11.2. The van der Waals surface area contributed by atoms with Crippen LogP contribution in [0, 0.1) is 35.5 Å². The van der Waals surface area contributed by atoms with Crippen molar-refractivity contribution in [3.05, 3.63) is 0 Å². The first-order chi connectivity index (χ1) is 13.2. The summed E-state index contributed by atoms with van der Waals surface area (Å²) in [5, 5.41) is 11.1. The molecule has 7 atom stereocenters. The van der Waals surface area contributed by atoms with Gasteiger partial charge in [-0.1, -0.05) is 78.1 Å². The van der Waals surface area contributed by atoms with Crippen LogP contribution in [-0.4, -0.2) is 11.2 Å². The number of hydrogen-bond acceptors (Lipinski definition) is 1. The van der Waals surface area contributed by atoms with Gasteiger partial charge in [0.15, 0.2) is 0 Å². The lowest BCUT2D eigenvalue weighted by Gasteiger charge is -2.52. The van der Waals surface area contributed by atoms with Crippen LogP contribution in [0.25, 0.3) is 0 Å². The average Bonchev–Trinajstić information content (AvgIpc) is 2.69. The number of hydrogen-bond donors (Lipinski definition) is 1. The van der Waals surface area contributed by atoms with Crippen LogP contribution >= 0.6 is 0 Å². The van der Waals surface area contributed by atoms with Gasteiger partial charge in [0.2, 0.25) is 0 Å². The monoisotopic (exact) mass is 376 g/mol. The van der Waals surface area contributed by atoms with E-state index >= 15 is 0 Å². The minimum atomic E-state index is 0.0260. The summed E-state index contributed by atoms with van der Waals surface area (Å²) < 4.78 is 0. The highest BCUT2D eigenvalue weighted by atomic mass is 16.3. The quantitative estimate of drug-likeness (QED) is 0.386. The molecule has 5 unspecified atom stereocenters. The summed E-state index contributed by atoms with van der Waals surface area (Å²) >= 11 is 0. The largest absolute Gasteiger partial charge is 0.393 e. The van der Waals surface area contributed by atoms with Gasteiger partial charge in [-0.3, -0.25) is 0 Å². The van der Waals surface area contributed by atoms with Crippen molar-refractivity contribution in [3.8, 4) is 0 Å². The smallest absolute Gasteiger partial charge is 0.0599 e. The molecule has 3 fully saturated rings. The molecule has 27 heavy (non-hydrogen) atoms. The zero-order chi connectivity index (χ0) is 19.1. The van der Waals surface area contributed by atoms with Gasteiger partial charge < -0.3 is 5.11 Å². The molecule has 1 N–H and O–H groups in total. The van der Waals surface area contributed by atoms with E-state index in [9.17, 15) is 5.11 Å². The predicted molar refractivity (Wildman–Crippen MR) is 117 cm³/mol. The van der Waals surface area contributed by atoms with E-state index in [0.717, 1.165) is 23.7 Å². The van der Waals surface area contributed by atoms with Crippen molar-refractivity contribution >= 4 is 0 Å². The van der Waals surface area contributed by atoms with Crippen LogP contribution < -0.4 is 0 Å².